The number of aromatic hydroxyl groups is 1. The molecule has 2 aromatic carbocycles. The summed E-state index contributed by atoms with van der Waals surface area (Å²) in [6, 6.07) is 12.8. The number of carbonyl (C=O) groups excluding carboxylic acids is 1. The first-order valence-electron chi connectivity index (χ1n) is 9.13. The van der Waals surface area contributed by atoms with Gasteiger partial charge in [-0.3, -0.25) is 14.5 Å². The first-order chi connectivity index (χ1) is 14.0. The van der Waals surface area contributed by atoms with Crippen LogP contribution in [0.25, 0.3) is 0 Å². The van der Waals surface area contributed by atoms with Crippen molar-refractivity contribution >= 4 is 12.4 Å². The lowest BCUT2D eigenvalue weighted by Crippen LogP contribution is -2.25. The Hall–Kier alpha value is -2.97. The number of halogens is 1. The summed E-state index contributed by atoms with van der Waals surface area (Å²) in [5.74, 6) is -0.152. The highest BCUT2D eigenvalue weighted by molar-refractivity contribution is 5.94. The van der Waals surface area contributed by atoms with Crippen molar-refractivity contribution in [2.24, 2.45) is 0 Å². The van der Waals surface area contributed by atoms with E-state index in [9.17, 15) is 9.18 Å². The number of carbonyl (C=O) groups is 2. The van der Waals surface area contributed by atoms with Crippen LogP contribution in [0.4, 0.5) is 4.39 Å². The molecule has 0 radical (unpaired) electrons. The zero-order valence-corrected chi connectivity index (χ0v) is 16.4. The van der Waals surface area contributed by atoms with Crippen molar-refractivity contribution in [2.45, 2.75) is 13.0 Å². The lowest BCUT2D eigenvalue weighted by molar-refractivity contribution is -0.122. The maximum absolute atomic E-state index is 12.7. The van der Waals surface area contributed by atoms with Crippen molar-refractivity contribution in [1.29, 1.82) is 0 Å². The van der Waals surface area contributed by atoms with E-state index in [1.165, 1.54) is 29.8 Å². The van der Waals surface area contributed by atoms with E-state index in [2.05, 4.69) is 10.2 Å². The largest absolute Gasteiger partial charge is 0.508 e. The number of phenols is 1. The molecule has 3 N–H and O–H groups in total. The smallest absolute Gasteiger partial charge is 0.290 e. The minimum Gasteiger partial charge on any atom is -0.508 e. The molecule has 1 aliphatic heterocycles. The summed E-state index contributed by atoms with van der Waals surface area (Å²) in [4.78, 5) is 21.6. The number of nitrogens with one attached hydrogen (secondary N) is 1. The molecule has 2 aromatic rings. The Kier molecular flexibility index (Phi) is 11.7. The molecule has 0 aliphatic carbocycles. The van der Waals surface area contributed by atoms with Crippen molar-refractivity contribution in [3.63, 3.8) is 0 Å². The van der Waals surface area contributed by atoms with Gasteiger partial charge in [0.15, 0.2) is 0 Å². The SMILES string of the molecule is CNC(=O)c1ccc(O)cc1.Fc1ccc(CN2CCCOCC2)cc1.O=CO. The number of phenolic OH excluding ortho intramolecular Hbond substituents is 1. The monoisotopic (exact) mass is 406 g/mol. The second-order valence-electron chi connectivity index (χ2n) is 6.10. The van der Waals surface area contributed by atoms with Crippen LogP contribution in [0.1, 0.15) is 22.3 Å². The molecule has 3 rings (SSSR count). The van der Waals surface area contributed by atoms with E-state index in [0.717, 1.165) is 39.3 Å². The maximum Gasteiger partial charge on any atom is 0.290 e. The number of rotatable bonds is 3. The molecule has 0 aromatic heterocycles. The van der Waals surface area contributed by atoms with Crippen LogP contribution in [-0.2, 0) is 16.1 Å². The third kappa shape index (κ3) is 10.2. The molecular weight excluding hydrogens is 379 g/mol. The molecule has 0 bridgehead atoms. The first-order valence-corrected chi connectivity index (χ1v) is 9.13. The molecule has 1 fully saturated rings. The molecule has 1 amide bonds. The third-order valence-corrected chi connectivity index (χ3v) is 3.99. The molecule has 0 spiro atoms. The second kappa shape index (κ2) is 14.1. The first kappa shape index (κ1) is 24.1. The molecule has 0 unspecified atom stereocenters. The fourth-order valence-corrected chi connectivity index (χ4v) is 2.56. The van der Waals surface area contributed by atoms with Gasteiger partial charge < -0.3 is 20.3 Å². The predicted molar refractivity (Wildman–Crippen MR) is 107 cm³/mol. The van der Waals surface area contributed by atoms with E-state index in [0.29, 0.717) is 5.56 Å². The summed E-state index contributed by atoms with van der Waals surface area (Å²) in [6.07, 6.45) is 1.08. The lowest BCUT2D eigenvalue weighted by Gasteiger charge is -2.18. The van der Waals surface area contributed by atoms with Gasteiger partial charge in [-0.15, -0.1) is 0 Å². The van der Waals surface area contributed by atoms with Crippen LogP contribution >= 0.6 is 0 Å². The number of ether oxygens (including phenoxy) is 1. The highest BCUT2D eigenvalue weighted by atomic mass is 19.1. The Balaban J connectivity index is 0.000000265. The van der Waals surface area contributed by atoms with Gasteiger partial charge in [-0.1, -0.05) is 12.1 Å². The summed E-state index contributed by atoms with van der Waals surface area (Å²) in [7, 11) is 1.56. The van der Waals surface area contributed by atoms with Crippen molar-refractivity contribution in [1.82, 2.24) is 10.2 Å². The van der Waals surface area contributed by atoms with Gasteiger partial charge in [-0.05, 0) is 48.4 Å². The zero-order valence-electron chi connectivity index (χ0n) is 16.4. The molecule has 0 atom stereocenters. The average molecular weight is 406 g/mol. The van der Waals surface area contributed by atoms with E-state index < -0.39 is 0 Å². The van der Waals surface area contributed by atoms with Gasteiger partial charge in [-0.2, -0.15) is 0 Å². The molecular formula is C21H27FN2O5. The Bertz CT molecular complexity index is 715. The Morgan fingerprint density at radius 1 is 1.14 bits per heavy atom. The maximum atomic E-state index is 12.7. The Morgan fingerprint density at radius 3 is 2.34 bits per heavy atom. The van der Waals surface area contributed by atoms with E-state index >= 15 is 0 Å². The number of benzene rings is 2. The zero-order chi connectivity index (χ0) is 21.5. The number of nitrogens with zero attached hydrogens (tertiary/aromatic N) is 1. The standard InChI is InChI=1S/C12H16FNO.C8H9NO2.CH2O2/c13-12-4-2-11(3-5-12)10-14-6-1-8-15-9-7-14;1-9-8(11)6-2-4-7(10)5-3-6;2-1-3/h2-5H,1,6-10H2;2-5,10H,1H3,(H,9,11);1H,(H,2,3). The van der Waals surface area contributed by atoms with Crippen LogP contribution in [-0.4, -0.2) is 60.8 Å². The van der Waals surface area contributed by atoms with Crippen molar-refractivity contribution in [3.8, 4) is 5.75 Å². The topological polar surface area (TPSA) is 99.1 Å². The lowest BCUT2D eigenvalue weighted by atomic mass is 10.2. The quantitative estimate of drug-likeness (QED) is 0.678. The molecule has 7 nitrogen and oxygen atoms in total. The molecule has 0 saturated carbocycles. The molecule has 8 heteroatoms. The van der Waals surface area contributed by atoms with E-state index in [4.69, 9.17) is 19.7 Å². The summed E-state index contributed by atoms with van der Waals surface area (Å²) < 4.78 is 18.1. The summed E-state index contributed by atoms with van der Waals surface area (Å²) in [5, 5.41) is 18.2. The van der Waals surface area contributed by atoms with E-state index in [-0.39, 0.29) is 23.9 Å². The van der Waals surface area contributed by atoms with Crippen LogP contribution in [0.2, 0.25) is 0 Å². The van der Waals surface area contributed by atoms with Crippen LogP contribution in [0.5, 0.6) is 5.75 Å². The highest BCUT2D eigenvalue weighted by Crippen LogP contribution is 2.09. The van der Waals surface area contributed by atoms with E-state index in [1.807, 2.05) is 12.1 Å². The molecule has 1 saturated heterocycles. The predicted octanol–water partition coefficient (Wildman–Crippen LogP) is 2.50. The minimum absolute atomic E-state index is 0.148. The molecule has 1 heterocycles. The van der Waals surface area contributed by atoms with Crippen LogP contribution in [0.3, 0.4) is 0 Å². The Labute approximate surface area is 169 Å². The minimum atomic E-state index is -0.250. The highest BCUT2D eigenvalue weighted by Gasteiger charge is 2.09. The van der Waals surface area contributed by atoms with Crippen LogP contribution < -0.4 is 5.32 Å². The fourth-order valence-electron chi connectivity index (χ4n) is 2.56. The Morgan fingerprint density at radius 2 is 1.76 bits per heavy atom. The molecule has 29 heavy (non-hydrogen) atoms. The van der Waals surface area contributed by atoms with E-state index in [1.54, 1.807) is 19.2 Å². The van der Waals surface area contributed by atoms with Gasteiger partial charge in [0, 0.05) is 38.9 Å². The van der Waals surface area contributed by atoms with Gasteiger partial charge in [0.2, 0.25) is 0 Å². The number of hydrogen-bond acceptors (Lipinski definition) is 5. The van der Waals surface area contributed by atoms with Crippen molar-refractivity contribution in [3.05, 3.63) is 65.5 Å². The van der Waals surface area contributed by atoms with Crippen molar-refractivity contribution < 1.29 is 28.9 Å². The van der Waals surface area contributed by atoms with Crippen molar-refractivity contribution in [2.75, 3.05) is 33.4 Å². The summed E-state index contributed by atoms with van der Waals surface area (Å²) in [6.45, 7) is 4.35. The summed E-state index contributed by atoms with van der Waals surface area (Å²) in [5.41, 5.74) is 1.71. The van der Waals surface area contributed by atoms with Gasteiger partial charge in [0.1, 0.15) is 11.6 Å². The molecule has 1 aliphatic rings. The van der Waals surface area contributed by atoms with Crippen LogP contribution in [0.15, 0.2) is 48.5 Å². The summed E-state index contributed by atoms with van der Waals surface area (Å²) >= 11 is 0. The number of hydrogen-bond donors (Lipinski definition) is 3. The van der Waals surface area contributed by atoms with Gasteiger partial charge in [0.05, 0.1) is 6.61 Å². The fraction of sp³-hybridized carbons (Fsp3) is 0.333. The second-order valence-corrected chi connectivity index (χ2v) is 6.10. The van der Waals surface area contributed by atoms with Crippen LogP contribution in [0, 0.1) is 5.82 Å². The van der Waals surface area contributed by atoms with Gasteiger partial charge >= 0.3 is 0 Å². The number of carboxylic acid groups (broad SMARTS) is 1. The number of amides is 1. The normalized spacial score (nSPS) is 13.6. The van der Waals surface area contributed by atoms with Gasteiger partial charge in [0.25, 0.3) is 12.4 Å². The van der Waals surface area contributed by atoms with Gasteiger partial charge in [-0.25, -0.2) is 4.39 Å². The average Bonchev–Trinajstić information content (AvgIpc) is 2.99. The third-order valence-electron chi connectivity index (χ3n) is 3.99. The molecule has 158 valence electrons.